The molecule has 0 N–H and O–H groups in total. The van der Waals surface area contributed by atoms with Gasteiger partial charge in [-0.15, -0.1) is 11.3 Å². The third-order valence-corrected chi connectivity index (χ3v) is 9.72. The van der Waals surface area contributed by atoms with Gasteiger partial charge in [0.05, 0.1) is 22.7 Å². The average Bonchev–Trinajstić information content (AvgIpc) is 3.40. The number of nitrogens with zero attached hydrogens (tertiary/aromatic N) is 6. The van der Waals surface area contributed by atoms with E-state index in [0.717, 1.165) is 56.8 Å². The van der Waals surface area contributed by atoms with Crippen LogP contribution in [0, 0.1) is 6.92 Å². The Kier molecular flexibility index (Phi) is 6.86. The zero-order valence-electron chi connectivity index (χ0n) is 21.7. The van der Waals surface area contributed by atoms with E-state index < -0.39 is 6.43 Å². The number of alkyl halides is 2. The number of carbonyl (C=O) groups excluding carboxylic acids is 1. The summed E-state index contributed by atoms with van der Waals surface area (Å²) in [5, 5.41) is 0. The Morgan fingerprint density at radius 3 is 2.61 bits per heavy atom. The number of hydrogen-bond donors (Lipinski definition) is 0. The zero-order chi connectivity index (χ0) is 26.4. The third-order valence-electron chi connectivity index (χ3n) is 8.66. The number of ether oxygens (including phenoxy) is 1. The number of rotatable bonds is 5. The minimum atomic E-state index is -2.63. The van der Waals surface area contributed by atoms with Crippen molar-refractivity contribution in [1.29, 1.82) is 0 Å². The SMILES string of the molecule is C=CC(=O)N1CCN(C2CN(c3cc(N4CCC5(CC4)OCCc4ncsc45)nc(C(F)F)c3C)C2)CC1. The fraction of sp³-hybridized carbons (Fsp3) is 0.593. The molecular weight excluding hydrogens is 510 g/mol. The summed E-state index contributed by atoms with van der Waals surface area (Å²) < 4.78 is 34.5. The molecule has 6 rings (SSSR count). The normalized spacial score (nSPS) is 22.1. The van der Waals surface area contributed by atoms with Gasteiger partial charge in [-0.3, -0.25) is 9.69 Å². The van der Waals surface area contributed by atoms with Gasteiger partial charge in [-0.2, -0.15) is 0 Å². The minimum Gasteiger partial charge on any atom is -0.369 e. The number of thiazole rings is 1. The Morgan fingerprint density at radius 1 is 1.18 bits per heavy atom. The van der Waals surface area contributed by atoms with Crippen molar-refractivity contribution in [2.75, 3.05) is 68.8 Å². The lowest BCUT2D eigenvalue weighted by atomic mass is 9.86. The largest absolute Gasteiger partial charge is 0.369 e. The number of amides is 1. The first-order valence-corrected chi connectivity index (χ1v) is 14.3. The van der Waals surface area contributed by atoms with Crippen molar-refractivity contribution < 1.29 is 18.3 Å². The molecular formula is C27H34F2N6O2S. The van der Waals surface area contributed by atoms with Crippen LogP contribution >= 0.6 is 11.3 Å². The van der Waals surface area contributed by atoms with Crippen molar-refractivity contribution in [1.82, 2.24) is 19.8 Å². The van der Waals surface area contributed by atoms with Crippen LogP contribution in [0.2, 0.25) is 0 Å². The van der Waals surface area contributed by atoms with E-state index in [0.29, 0.717) is 50.2 Å². The van der Waals surface area contributed by atoms with Gasteiger partial charge >= 0.3 is 0 Å². The summed E-state index contributed by atoms with van der Waals surface area (Å²) in [6, 6.07) is 2.35. The first-order valence-electron chi connectivity index (χ1n) is 13.4. The summed E-state index contributed by atoms with van der Waals surface area (Å²) in [7, 11) is 0. The molecule has 11 heteroatoms. The van der Waals surface area contributed by atoms with Crippen LogP contribution in [-0.2, 0) is 21.6 Å². The van der Waals surface area contributed by atoms with Crippen molar-refractivity contribution >= 4 is 28.7 Å². The molecule has 6 heterocycles. The second kappa shape index (κ2) is 10.2. The Bertz CT molecular complexity index is 1200. The molecule has 0 aliphatic carbocycles. The molecule has 2 aromatic heterocycles. The van der Waals surface area contributed by atoms with Crippen LogP contribution in [0.3, 0.4) is 0 Å². The molecule has 0 atom stereocenters. The van der Waals surface area contributed by atoms with Crippen molar-refractivity contribution in [3.63, 3.8) is 0 Å². The Hall–Kier alpha value is -2.63. The number of pyridine rings is 1. The van der Waals surface area contributed by atoms with Crippen molar-refractivity contribution in [3.05, 3.63) is 46.1 Å². The van der Waals surface area contributed by atoms with Crippen LogP contribution in [0.15, 0.2) is 24.2 Å². The molecule has 0 aromatic carbocycles. The van der Waals surface area contributed by atoms with Gasteiger partial charge in [-0.1, -0.05) is 6.58 Å². The molecule has 3 saturated heterocycles. The van der Waals surface area contributed by atoms with Crippen molar-refractivity contribution in [3.8, 4) is 0 Å². The maximum absolute atomic E-state index is 14.1. The average molecular weight is 545 g/mol. The molecule has 38 heavy (non-hydrogen) atoms. The minimum absolute atomic E-state index is 0.0227. The van der Waals surface area contributed by atoms with Crippen LogP contribution in [0.1, 0.15) is 41.1 Å². The summed E-state index contributed by atoms with van der Waals surface area (Å²) in [4.78, 5) is 30.6. The zero-order valence-corrected chi connectivity index (χ0v) is 22.6. The molecule has 0 bridgehead atoms. The molecule has 0 unspecified atom stereocenters. The number of carbonyl (C=O) groups is 1. The number of aromatic nitrogens is 2. The fourth-order valence-electron chi connectivity index (χ4n) is 6.32. The van der Waals surface area contributed by atoms with Gasteiger partial charge in [0, 0.05) is 76.6 Å². The highest BCUT2D eigenvalue weighted by Gasteiger charge is 2.43. The van der Waals surface area contributed by atoms with E-state index >= 15 is 0 Å². The van der Waals surface area contributed by atoms with Gasteiger partial charge in [-0.25, -0.2) is 18.7 Å². The standard InChI is InChI=1S/C27H34F2N6O2S/c1-3-23(36)34-11-9-32(10-12-34)19-15-35(16-19)21-14-22(31-24(18(21)2)26(28)29)33-7-5-27(6-8-33)25-20(4-13-37-27)30-17-38-25/h3,14,17,19,26H,1,4-13,15-16H2,2H3. The number of halogens is 2. The number of piperidine rings is 1. The predicted molar refractivity (Wildman–Crippen MR) is 143 cm³/mol. The van der Waals surface area contributed by atoms with Gasteiger partial charge in [0.15, 0.2) is 0 Å². The van der Waals surface area contributed by atoms with E-state index in [-0.39, 0.29) is 17.2 Å². The number of piperazine rings is 1. The van der Waals surface area contributed by atoms with Crippen molar-refractivity contribution in [2.24, 2.45) is 0 Å². The summed E-state index contributed by atoms with van der Waals surface area (Å²) in [5.74, 6) is 0.599. The molecule has 1 amide bonds. The fourth-order valence-corrected chi connectivity index (χ4v) is 7.37. The highest BCUT2D eigenvalue weighted by molar-refractivity contribution is 7.09. The van der Waals surface area contributed by atoms with E-state index in [4.69, 9.17) is 4.74 Å². The van der Waals surface area contributed by atoms with Gasteiger partial charge in [0.2, 0.25) is 5.91 Å². The second-order valence-corrected chi connectivity index (χ2v) is 11.5. The number of anilines is 2. The summed E-state index contributed by atoms with van der Waals surface area (Å²) in [6.45, 7) is 12.0. The molecule has 0 radical (unpaired) electrons. The topological polar surface area (TPSA) is 65.0 Å². The van der Waals surface area contributed by atoms with Crippen LogP contribution in [0.4, 0.5) is 20.3 Å². The third kappa shape index (κ3) is 4.48. The molecule has 204 valence electrons. The van der Waals surface area contributed by atoms with E-state index in [1.807, 2.05) is 16.5 Å². The molecule has 1 spiro atoms. The van der Waals surface area contributed by atoms with Crippen LogP contribution in [-0.4, -0.2) is 90.7 Å². The lowest BCUT2D eigenvalue weighted by Gasteiger charge is -2.49. The van der Waals surface area contributed by atoms with Crippen LogP contribution in [0.25, 0.3) is 0 Å². The Balaban J connectivity index is 1.15. The monoisotopic (exact) mass is 544 g/mol. The summed E-state index contributed by atoms with van der Waals surface area (Å²) in [5.41, 5.74) is 4.01. The number of fused-ring (bicyclic) bond motifs is 2. The molecule has 0 saturated carbocycles. The Morgan fingerprint density at radius 2 is 1.92 bits per heavy atom. The first kappa shape index (κ1) is 25.6. The van der Waals surface area contributed by atoms with Crippen molar-refractivity contribution in [2.45, 2.75) is 44.3 Å². The molecule has 8 nitrogen and oxygen atoms in total. The lowest BCUT2D eigenvalue weighted by Crippen LogP contribution is -2.63. The van der Waals surface area contributed by atoms with Crippen LogP contribution in [0.5, 0.6) is 0 Å². The van der Waals surface area contributed by atoms with Gasteiger partial charge in [0.1, 0.15) is 17.1 Å². The molecule has 4 aliphatic heterocycles. The summed E-state index contributed by atoms with van der Waals surface area (Å²) in [6.07, 6.45) is 1.18. The highest BCUT2D eigenvalue weighted by atomic mass is 32.1. The number of hydrogen-bond acceptors (Lipinski definition) is 8. The maximum atomic E-state index is 14.1. The molecule has 3 fully saturated rings. The van der Waals surface area contributed by atoms with E-state index in [1.54, 1.807) is 18.3 Å². The highest BCUT2D eigenvalue weighted by Crippen LogP contribution is 2.44. The van der Waals surface area contributed by atoms with E-state index in [2.05, 4.69) is 31.2 Å². The Labute approximate surface area is 225 Å². The van der Waals surface area contributed by atoms with Gasteiger partial charge < -0.3 is 19.4 Å². The predicted octanol–water partition coefficient (Wildman–Crippen LogP) is 3.37. The quantitative estimate of drug-likeness (QED) is 0.535. The van der Waals surface area contributed by atoms with E-state index in [9.17, 15) is 13.6 Å². The first-order chi connectivity index (χ1) is 18.4. The van der Waals surface area contributed by atoms with Gasteiger partial charge in [0.25, 0.3) is 6.43 Å². The maximum Gasteiger partial charge on any atom is 0.280 e. The lowest BCUT2D eigenvalue weighted by molar-refractivity contribution is -0.128. The molecule has 2 aromatic rings. The molecule has 4 aliphatic rings. The smallest absolute Gasteiger partial charge is 0.280 e. The van der Waals surface area contributed by atoms with Crippen LogP contribution < -0.4 is 9.80 Å². The van der Waals surface area contributed by atoms with E-state index in [1.165, 1.54) is 11.0 Å². The summed E-state index contributed by atoms with van der Waals surface area (Å²) >= 11 is 1.66. The van der Waals surface area contributed by atoms with Gasteiger partial charge in [-0.05, 0) is 31.4 Å². The second-order valence-electron chi connectivity index (χ2n) is 10.6.